The fraction of sp³-hybridized carbons (Fsp3) is 0.533. The number of benzene rings is 1. The van der Waals surface area contributed by atoms with E-state index in [2.05, 4.69) is 5.32 Å². The van der Waals surface area contributed by atoms with Crippen LogP contribution in [0.1, 0.15) is 35.7 Å². The van der Waals surface area contributed by atoms with Crippen LogP contribution in [-0.4, -0.2) is 42.2 Å². The van der Waals surface area contributed by atoms with E-state index in [1.165, 1.54) is 0 Å². The van der Waals surface area contributed by atoms with Gasteiger partial charge >= 0.3 is 0 Å². The monoisotopic (exact) mass is 262 g/mol. The highest BCUT2D eigenvalue weighted by Crippen LogP contribution is 2.26. The third-order valence-corrected chi connectivity index (χ3v) is 3.48. The lowest BCUT2D eigenvalue weighted by Crippen LogP contribution is -2.35. The van der Waals surface area contributed by atoms with Crippen LogP contribution in [0.4, 0.5) is 5.69 Å². The molecule has 0 saturated carbocycles. The summed E-state index contributed by atoms with van der Waals surface area (Å²) < 4.78 is 0. The van der Waals surface area contributed by atoms with E-state index in [1.807, 2.05) is 25.1 Å². The Labute approximate surface area is 114 Å². The standard InChI is InChI=1S/C15H22N2O2/c1-2-9-17(10-11-18)15(19)13-5-3-7-14-12(13)6-4-8-16-14/h3,5,7,16,18H,2,4,6,8-11H2,1H3. The first-order valence-electron chi connectivity index (χ1n) is 7.03. The minimum Gasteiger partial charge on any atom is -0.395 e. The van der Waals surface area contributed by atoms with Crippen molar-refractivity contribution in [3.05, 3.63) is 29.3 Å². The Morgan fingerprint density at radius 1 is 1.42 bits per heavy atom. The molecule has 0 atom stereocenters. The smallest absolute Gasteiger partial charge is 0.254 e. The van der Waals surface area contributed by atoms with Gasteiger partial charge in [0.25, 0.3) is 5.91 Å². The van der Waals surface area contributed by atoms with Crippen molar-refractivity contribution in [2.75, 3.05) is 31.6 Å². The van der Waals surface area contributed by atoms with Crippen molar-refractivity contribution >= 4 is 11.6 Å². The molecule has 0 saturated heterocycles. The first kappa shape index (κ1) is 13.9. The van der Waals surface area contributed by atoms with Crippen LogP contribution in [0.2, 0.25) is 0 Å². The Bertz CT molecular complexity index is 440. The summed E-state index contributed by atoms with van der Waals surface area (Å²) in [6.45, 7) is 4.12. The number of fused-ring (bicyclic) bond motifs is 1. The zero-order valence-corrected chi connectivity index (χ0v) is 11.5. The lowest BCUT2D eigenvalue weighted by Gasteiger charge is -2.25. The first-order valence-corrected chi connectivity index (χ1v) is 7.03. The average molecular weight is 262 g/mol. The topological polar surface area (TPSA) is 52.6 Å². The number of anilines is 1. The van der Waals surface area contributed by atoms with Crippen molar-refractivity contribution in [2.45, 2.75) is 26.2 Å². The van der Waals surface area contributed by atoms with Gasteiger partial charge in [-0.15, -0.1) is 0 Å². The molecule has 0 fully saturated rings. The number of amides is 1. The molecular formula is C15H22N2O2. The number of hydrogen-bond donors (Lipinski definition) is 2. The second-order valence-electron chi connectivity index (χ2n) is 4.88. The van der Waals surface area contributed by atoms with Gasteiger partial charge in [0, 0.05) is 30.9 Å². The SMILES string of the molecule is CCCN(CCO)C(=O)c1cccc2c1CCCN2. The molecule has 1 aliphatic heterocycles. The third-order valence-electron chi connectivity index (χ3n) is 3.48. The summed E-state index contributed by atoms with van der Waals surface area (Å²) in [5.41, 5.74) is 2.99. The van der Waals surface area contributed by atoms with Gasteiger partial charge in [-0.2, -0.15) is 0 Å². The molecule has 0 spiro atoms. The Morgan fingerprint density at radius 2 is 2.26 bits per heavy atom. The van der Waals surface area contributed by atoms with Crippen molar-refractivity contribution in [3.8, 4) is 0 Å². The van der Waals surface area contributed by atoms with Gasteiger partial charge in [-0.25, -0.2) is 0 Å². The van der Waals surface area contributed by atoms with Crippen LogP contribution in [0.5, 0.6) is 0 Å². The molecule has 0 radical (unpaired) electrons. The van der Waals surface area contributed by atoms with Crippen LogP contribution in [-0.2, 0) is 6.42 Å². The zero-order valence-electron chi connectivity index (χ0n) is 11.5. The van der Waals surface area contributed by atoms with E-state index in [0.717, 1.165) is 42.6 Å². The lowest BCUT2D eigenvalue weighted by molar-refractivity contribution is 0.0721. The summed E-state index contributed by atoms with van der Waals surface area (Å²) in [5, 5.41) is 12.4. The van der Waals surface area contributed by atoms with Crippen LogP contribution in [0.25, 0.3) is 0 Å². The highest BCUT2D eigenvalue weighted by molar-refractivity contribution is 5.97. The Hall–Kier alpha value is -1.55. The first-order chi connectivity index (χ1) is 9.27. The summed E-state index contributed by atoms with van der Waals surface area (Å²) in [6, 6.07) is 5.85. The van der Waals surface area contributed by atoms with Crippen molar-refractivity contribution < 1.29 is 9.90 Å². The van der Waals surface area contributed by atoms with Crippen molar-refractivity contribution in [1.29, 1.82) is 0 Å². The number of aliphatic hydroxyl groups is 1. The summed E-state index contributed by atoms with van der Waals surface area (Å²) in [6.07, 6.45) is 2.91. The second kappa shape index (κ2) is 6.57. The molecule has 0 unspecified atom stereocenters. The molecule has 1 aromatic rings. The molecule has 1 heterocycles. The number of nitrogens with one attached hydrogen (secondary N) is 1. The largest absolute Gasteiger partial charge is 0.395 e. The minimum atomic E-state index is 0.0129. The van der Waals surface area contributed by atoms with E-state index in [1.54, 1.807) is 4.90 Å². The number of nitrogens with zero attached hydrogens (tertiary/aromatic N) is 1. The highest BCUT2D eigenvalue weighted by Gasteiger charge is 2.21. The molecular weight excluding hydrogens is 240 g/mol. The van der Waals surface area contributed by atoms with Gasteiger partial charge in [-0.3, -0.25) is 4.79 Å². The maximum Gasteiger partial charge on any atom is 0.254 e. The molecule has 4 nitrogen and oxygen atoms in total. The van der Waals surface area contributed by atoms with Crippen molar-refractivity contribution in [3.63, 3.8) is 0 Å². The predicted octanol–water partition coefficient (Wildman–Crippen LogP) is 1.89. The van der Waals surface area contributed by atoms with Gasteiger partial charge in [0.15, 0.2) is 0 Å². The summed E-state index contributed by atoms with van der Waals surface area (Å²) in [4.78, 5) is 14.3. The normalized spacial score (nSPS) is 13.6. The Kier molecular flexibility index (Phi) is 4.80. The molecule has 1 aliphatic rings. The Morgan fingerprint density at radius 3 is 3.00 bits per heavy atom. The van der Waals surface area contributed by atoms with Crippen LogP contribution in [0.15, 0.2) is 18.2 Å². The predicted molar refractivity (Wildman–Crippen MR) is 76.5 cm³/mol. The maximum atomic E-state index is 12.6. The lowest BCUT2D eigenvalue weighted by atomic mass is 9.96. The van der Waals surface area contributed by atoms with E-state index in [4.69, 9.17) is 5.11 Å². The van der Waals surface area contributed by atoms with E-state index in [9.17, 15) is 4.79 Å². The summed E-state index contributed by atoms with van der Waals surface area (Å²) >= 11 is 0. The summed E-state index contributed by atoms with van der Waals surface area (Å²) in [5.74, 6) is 0.0384. The van der Waals surface area contributed by atoms with E-state index in [-0.39, 0.29) is 12.5 Å². The fourth-order valence-corrected chi connectivity index (χ4v) is 2.59. The number of carbonyl (C=O) groups is 1. The molecule has 0 bridgehead atoms. The van der Waals surface area contributed by atoms with Crippen molar-refractivity contribution in [1.82, 2.24) is 4.90 Å². The van der Waals surface area contributed by atoms with Gasteiger partial charge in [0.1, 0.15) is 0 Å². The number of hydrogen-bond acceptors (Lipinski definition) is 3. The van der Waals surface area contributed by atoms with Gasteiger partial charge in [-0.05, 0) is 37.0 Å². The quantitative estimate of drug-likeness (QED) is 0.852. The molecule has 4 heteroatoms. The molecule has 104 valence electrons. The number of rotatable bonds is 5. The molecule has 1 amide bonds. The molecule has 19 heavy (non-hydrogen) atoms. The van der Waals surface area contributed by atoms with Crippen LogP contribution in [0, 0.1) is 0 Å². The average Bonchev–Trinajstić information content (AvgIpc) is 2.46. The molecule has 1 aromatic carbocycles. The van der Waals surface area contributed by atoms with Gasteiger partial charge in [0.2, 0.25) is 0 Å². The number of aliphatic hydroxyl groups excluding tert-OH is 1. The maximum absolute atomic E-state index is 12.6. The molecule has 0 aliphatic carbocycles. The molecule has 2 N–H and O–H groups in total. The van der Waals surface area contributed by atoms with Crippen LogP contribution < -0.4 is 5.32 Å². The second-order valence-corrected chi connectivity index (χ2v) is 4.88. The van der Waals surface area contributed by atoms with Gasteiger partial charge in [0.05, 0.1) is 6.61 Å². The van der Waals surface area contributed by atoms with Crippen molar-refractivity contribution in [2.24, 2.45) is 0 Å². The minimum absolute atomic E-state index is 0.0129. The molecule has 2 rings (SSSR count). The Balaban J connectivity index is 2.27. The van der Waals surface area contributed by atoms with E-state index < -0.39 is 0 Å². The van der Waals surface area contributed by atoms with Crippen LogP contribution >= 0.6 is 0 Å². The molecule has 0 aromatic heterocycles. The van der Waals surface area contributed by atoms with Gasteiger partial charge in [-0.1, -0.05) is 13.0 Å². The fourth-order valence-electron chi connectivity index (χ4n) is 2.59. The zero-order chi connectivity index (χ0) is 13.7. The third kappa shape index (κ3) is 3.07. The van der Waals surface area contributed by atoms with E-state index >= 15 is 0 Å². The highest BCUT2D eigenvalue weighted by atomic mass is 16.3. The van der Waals surface area contributed by atoms with Gasteiger partial charge < -0.3 is 15.3 Å². The summed E-state index contributed by atoms with van der Waals surface area (Å²) in [7, 11) is 0. The van der Waals surface area contributed by atoms with Crippen LogP contribution in [0.3, 0.4) is 0 Å². The number of carbonyl (C=O) groups excluding carboxylic acids is 1. The van der Waals surface area contributed by atoms with E-state index in [0.29, 0.717) is 13.1 Å².